The Kier molecular flexibility index (Phi) is 4.29. The summed E-state index contributed by atoms with van der Waals surface area (Å²) in [5.41, 5.74) is -0.286. The first kappa shape index (κ1) is 15.9. The van der Waals surface area contributed by atoms with Crippen molar-refractivity contribution in [3.8, 4) is 0 Å². The zero-order valence-corrected chi connectivity index (χ0v) is 13.6. The number of nitrogens with zero attached hydrogens (tertiary/aromatic N) is 6. The summed E-state index contributed by atoms with van der Waals surface area (Å²) in [7, 11) is 1.80. The van der Waals surface area contributed by atoms with Crippen molar-refractivity contribution >= 4 is 11.8 Å². The normalized spacial score (nSPS) is 21.0. The van der Waals surface area contributed by atoms with Crippen LogP contribution in [0.3, 0.4) is 0 Å². The van der Waals surface area contributed by atoms with Gasteiger partial charge in [-0.1, -0.05) is 0 Å². The smallest absolute Gasteiger partial charge is 0.248 e. The van der Waals surface area contributed by atoms with Crippen molar-refractivity contribution in [3.05, 3.63) is 5.82 Å². The molecule has 0 radical (unpaired) electrons. The summed E-state index contributed by atoms with van der Waals surface area (Å²) in [5.74, 6) is 0.833. The molecule has 0 saturated carbocycles. The van der Waals surface area contributed by atoms with E-state index in [0.29, 0.717) is 38.4 Å². The lowest BCUT2D eigenvalue weighted by molar-refractivity contribution is -0.170. The highest BCUT2D eigenvalue weighted by Gasteiger charge is 2.41. The van der Waals surface area contributed by atoms with E-state index in [1.54, 1.807) is 16.6 Å². The van der Waals surface area contributed by atoms with Gasteiger partial charge in [0.25, 0.3) is 0 Å². The van der Waals surface area contributed by atoms with Crippen molar-refractivity contribution in [1.29, 1.82) is 0 Å². The van der Waals surface area contributed by atoms with Gasteiger partial charge in [-0.05, 0) is 30.2 Å². The van der Waals surface area contributed by atoms with Crippen molar-refractivity contribution in [2.24, 2.45) is 0 Å². The van der Waals surface area contributed by atoms with Gasteiger partial charge in [-0.3, -0.25) is 9.59 Å². The maximum absolute atomic E-state index is 12.3. The average Bonchev–Trinajstić information content (AvgIpc) is 2.95. The zero-order valence-electron chi connectivity index (χ0n) is 13.6. The first-order valence-electron chi connectivity index (χ1n) is 7.88. The second-order valence-corrected chi connectivity index (χ2v) is 6.30. The Hall–Kier alpha value is -2.03. The van der Waals surface area contributed by atoms with E-state index in [9.17, 15) is 9.59 Å². The number of amides is 2. The molecular weight excluding hydrogens is 300 g/mol. The molecule has 3 rings (SSSR count). The number of carbonyl (C=O) groups excluding carboxylic acids is 2. The van der Waals surface area contributed by atoms with Crippen LogP contribution in [0.15, 0.2) is 0 Å². The van der Waals surface area contributed by atoms with Crippen LogP contribution in [0.2, 0.25) is 0 Å². The van der Waals surface area contributed by atoms with Crippen molar-refractivity contribution < 1.29 is 14.3 Å². The second kappa shape index (κ2) is 6.23. The van der Waals surface area contributed by atoms with Gasteiger partial charge in [-0.2, -0.15) is 0 Å². The number of carbonyl (C=O) groups is 2. The van der Waals surface area contributed by atoms with Crippen LogP contribution < -0.4 is 0 Å². The minimum absolute atomic E-state index is 0.0194. The molecule has 2 fully saturated rings. The molecule has 2 amide bonds. The molecule has 0 unspecified atom stereocenters. The van der Waals surface area contributed by atoms with Crippen molar-refractivity contribution in [1.82, 2.24) is 30.0 Å². The molecule has 2 aliphatic heterocycles. The van der Waals surface area contributed by atoms with Gasteiger partial charge in [-0.15, -0.1) is 5.10 Å². The van der Waals surface area contributed by atoms with Crippen LogP contribution in [0.5, 0.6) is 0 Å². The van der Waals surface area contributed by atoms with Crippen LogP contribution >= 0.6 is 0 Å². The van der Waals surface area contributed by atoms with E-state index in [2.05, 4.69) is 15.5 Å². The van der Waals surface area contributed by atoms with Gasteiger partial charge < -0.3 is 14.5 Å². The third-order valence-corrected chi connectivity index (χ3v) is 4.73. The van der Waals surface area contributed by atoms with Gasteiger partial charge >= 0.3 is 0 Å². The first-order valence-corrected chi connectivity index (χ1v) is 7.88. The van der Waals surface area contributed by atoms with E-state index >= 15 is 0 Å². The largest absolute Gasteiger partial charge is 0.363 e. The highest BCUT2D eigenvalue weighted by atomic mass is 16.5. The van der Waals surface area contributed by atoms with Gasteiger partial charge in [0.2, 0.25) is 11.8 Å². The summed E-state index contributed by atoms with van der Waals surface area (Å²) in [4.78, 5) is 27.5. The predicted molar refractivity (Wildman–Crippen MR) is 79.3 cm³/mol. The third kappa shape index (κ3) is 3.34. The zero-order chi connectivity index (χ0) is 16.4. The lowest BCUT2D eigenvalue weighted by Gasteiger charge is -2.46. The van der Waals surface area contributed by atoms with Crippen LogP contribution in [0.1, 0.15) is 25.1 Å². The number of aryl methyl sites for hydroxylation is 2. The van der Waals surface area contributed by atoms with Crippen molar-refractivity contribution in [3.63, 3.8) is 0 Å². The Morgan fingerprint density at radius 1 is 1.35 bits per heavy atom. The number of ether oxygens (including phenoxy) is 1. The monoisotopic (exact) mass is 322 g/mol. The number of rotatable bonds is 3. The number of aromatic nitrogens is 4. The molecule has 9 heteroatoms. The van der Waals surface area contributed by atoms with Crippen molar-refractivity contribution in [2.75, 3.05) is 33.3 Å². The molecule has 0 aliphatic carbocycles. The third-order valence-electron chi connectivity index (χ3n) is 4.73. The van der Waals surface area contributed by atoms with E-state index in [4.69, 9.17) is 4.74 Å². The van der Waals surface area contributed by atoms with Gasteiger partial charge in [-0.25, -0.2) is 4.68 Å². The first-order chi connectivity index (χ1) is 11.0. The Bertz CT molecular complexity index is 593. The molecule has 0 bridgehead atoms. The molecule has 126 valence electrons. The number of hydrogen-bond donors (Lipinski definition) is 0. The maximum Gasteiger partial charge on any atom is 0.248 e. The molecule has 0 N–H and O–H groups in total. The molecule has 0 aromatic carbocycles. The average molecular weight is 322 g/mol. The number of hydrogen-bond acceptors (Lipinski definition) is 6. The molecular formula is C14H22N6O3. The summed E-state index contributed by atoms with van der Waals surface area (Å²) in [5, 5.41) is 11.2. The number of likely N-dealkylation sites (tertiary alicyclic amines) is 1. The highest BCUT2D eigenvalue weighted by molar-refractivity contribution is 5.78. The summed E-state index contributed by atoms with van der Waals surface area (Å²) >= 11 is 0. The molecule has 1 aromatic heterocycles. The molecule has 0 atom stereocenters. The van der Waals surface area contributed by atoms with E-state index in [1.165, 1.54) is 0 Å². The van der Waals surface area contributed by atoms with Crippen LogP contribution in [-0.2, 0) is 20.9 Å². The van der Waals surface area contributed by atoms with E-state index in [0.717, 1.165) is 12.8 Å². The number of piperidine rings is 1. The molecule has 3 heterocycles. The molecule has 9 nitrogen and oxygen atoms in total. The van der Waals surface area contributed by atoms with E-state index in [-0.39, 0.29) is 24.0 Å². The second-order valence-electron chi connectivity index (χ2n) is 6.30. The van der Waals surface area contributed by atoms with E-state index in [1.807, 2.05) is 11.8 Å². The summed E-state index contributed by atoms with van der Waals surface area (Å²) in [6, 6.07) is 0. The molecule has 23 heavy (non-hydrogen) atoms. The van der Waals surface area contributed by atoms with Crippen LogP contribution in [-0.4, -0.2) is 80.7 Å². The maximum atomic E-state index is 12.3. The van der Waals surface area contributed by atoms with Crippen molar-refractivity contribution in [2.45, 2.75) is 38.3 Å². The topological polar surface area (TPSA) is 93.5 Å². The Morgan fingerprint density at radius 2 is 2.09 bits per heavy atom. The number of tetrazole rings is 1. The molecule has 2 saturated heterocycles. The fraction of sp³-hybridized carbons (Fsp3) is 0.786. The number of morpholine rings is 1. The summed E-state index contributed by atoms with van der Waals surface area (Å²) in [6.45, 7) is 4.38. The fourth-order valence-corrected chi connectivity index (χ4v) is 3.17. The van der Waals surface area contributed by atoms with Gasteiger partial charge in [0.15, 0.2) is 0 Å². The SMILES string of the molecule is Cc1nnnn1CCC(=O)N1CCC2(CC1)CN(C)C(=O)CO2. The minimum atomic E-state index is -0.286. The predicted octanol–water partition coefficient (Wildman–Crippen LogP) is -0.779. The van der Waals surface area contributed by atoms with Crippen LogP contribution in [0, 0.1) is 6.92 Å². The van der Waals surface area contributed by atoms with Gasteiger partial charge in [0.1, 0.15) is 12.4 Å². The summed E-state index contributed by atoms with van der Waals surface area (Å²) < 4.78 is 7.43. The minimum Gasteiger partial charge on any atom is -0.363 e. The Labute approximate surface area is 134 Å². The van der Waals surface area contributed by atoms with E-state index < -0.39 is 0 Å². The fourth-order valence-electron chi connectivity index (χ4n) is 3.17. The quantitative estimate of drug-likeness (QED) is 0.725. The standard InChI is InChI=1S/C14H22N6O3/c1-11-15-16-17-20(11)6-3-12(21)19-7-4-14(5-8-19)10-18(2)13(22)9-23-14/h3-10H2,1-2H3. The number of likely N-dealkylation sites (N-methyl/N-ethyl adjacent to an activating group) is 1. The Balaban J connectivity index is 1.49. The molecule has 2 aliphatic rings. The molecule has 1 aromatic rings. The summed E-state index contributed by atoms with van der Waals surface area (Å²) in [6.07, 6.45) is 1.92. The van der Waals surface area contributed by atoms with Crippen LogP contribution in [0.25, 0.3) is 0 Å². The van der Waals surface area contributed by atoms with Gasteiger partial charge in [0.05, 0.1) is 12.1 Å². The lowest BCUT2D eigenvalue weighted by Crippen LogP contribution is -2.58. The van der Waals surface area contributed by atoms with Crippen LogP contribution in [0.4, 0.5) is 0 Å². The lowest BCUT2D eigenvalue weighted by atomic mass is 9.89. The molecule has 1 spiro atoms. The van der Waals surface area contributed by atoms with Gasteiger partial charge in [0, 0.05) is 33.1 Å². The highest BCUT2D eigenvalue weighted by Crippen LogP contribution is 2.30. The Morgan fingerprint density at radius 3 is 2.70 bits per heavy atom.